The molecule has 0 spiro atoms. The van der Waals surface area contributed by atoms with Crippen LogP contribution in [0.4, 0.5) is 4.79 Å². The van der Waals surface area contributed by atoms with Crippen LogP contribution in [0.15, 0.2) is 89.5 Å². The number of carbonyl (C=O) groups excluding carboxylic acids is 2. The van der Waals surface area contributed by atoms with Crippen LogP contribution >= 0.6 is 15.9 Å². The first-order valence-electron chi connectivity index (χ1n) is 16.1. The summed E-state index contributed by atoms with van der Waals surface area (Å²) in [4.78, 5) is 35.1. The van der Waals surface area contributed by atoms with Crippen LogP contribution in [0.2, 0.25) is 0 Å². The molecule has 2 aliphatic rings. The zero-order chi connectivity index (χ0) is 33.8. The third kappa shape index (κ3) is 7.19. The van der Waals surface area contributed by atoms with Gasteiger partial charge >= 0.3 is 6.09 Å². The van der Waals surface area contributed by atoms with Crippen LogP contribution in [0.1, 0.15) is 46.8 Å². The zero-order valence-corrected chi connectivity index (χ0v) is 29.2. The maximum absolute atomic E-state index is 13.9. The largest absolute Gasteiger partial charge is 0.497 e. The molecule has 0 bridgehead atoms. The van der Waals surface area contributed by atoms with Crippen molar-refractivity contribution in [2.24, 2.45) is 5.92 Å². The summed E-state index contributed by atoms with van der Waals surface area (Å²) in [5.41, 5.74) is 6.04. The number of halogens is 1. The molecule has 250 valence electrons. The van der Waals surface area contributed by atoms with Gasteiger partial charge in [-0.25, -0.2) is 9.78 Å². The molecular formula is C38H40BrN3O6. The molecule has 1 aliphatic carbocycles. The molecule has 10 heteroatoms. The van der Waals surface area contributed by atoms with Gasteiger partial charge in [-0.3, -0.25) is 4.79 Å². The summed E-state index contributed by atoms with van der Waals surface area (Å²) in [7, 11) is 3.35. The fourth-order valence-electron chi connectivity index (χ4n) is 6.40. The van der Waals surface area contributed by atoms with E-state index in [4.69, 9.17) is 18.9 Å². The third-order valence-electron chi connectivity index (χ3n) is 9.11. The summed E-state index contributed by atoms with van der Waals surface area (Å²) >= 11 is 3.46. The minimum absolute atomic E-state index is 0.0335. The van der Waals surface area contributed by atoms with E-state index in [0.29, 0.717) is 29.8 Å². The van der Waals surface area contributed by atoms with Crippen LogP contribution in [-0.4, -0.2) is 79.4 Å². The maximum Gasteiger partial charge on any atom is 0.409 e. The van der Waals surface area contributed by atoms with Crippen molar-refractivity contribution in [3.63, 3.8) is 0 Å². The van der Waals surface area contributed by atoms with Crippen molar-refractivity contribution in [3.8, 4) is 22.8 Å². The normalized spacial score (nSPS) is 17.7. The van der Waals surface area contributed by atoms with Gasteiger partial charge in [-0.2, -0.15) is 0 Å². The Balaban J connectivity index is 1.12. The number of nitrogens with zero attached hydrogens (tertiary/aromatic N) is 3. The molecule has 4 aromatic rings. The molecule has 0 saturated carbocycles. The summed E-state index contributed by atoms with van der Waals surface area (Å²) in [5.74, 6) is 0.660. The first-order chi connectivity index (χ1) is 23.2. The molecule has 3 unspecified atom stereocenters. The number of carbonyl (C=O) groups is 2. The molecule has 1 aliphatic heterocycles. The van der Waals surface area contributed by atoms with Gasteiger partial charge in [0.05, 0.1) is 32.9 Å². The van der Waals surface area contributed by atoms with Gasteiger partial charge in [-0.1, -0.05) is 67.6 Å². The minimum Gasteiger partial charge on any atom is -0.497 e. The first kappa shape index (κ1) is 33.5. The van der Waals surface area contributed by atoms with Crippen molar-refractivity contribution in [1.82, 2.24) is 14.8 Å². The zero-order valence-electron chi connectivity index (χ0n) is 27.6. The van der Waals surface area contributed by atoms with E-state index >= 15 is 0 Å². The van der Waals surface area contributed by atoms with Gasteiger partial charge in [-0.15, -0.1) is 0 Å². The molecule has 6 rings (SSSR count). The van der Waals surface area contributed by atoms with Crippen LogP contribution in [0.3, 0.4) is 0 Å². The quantitative estimate of drug-likeness (QED) is 0.172. The van der Waals surface area contributed by atoms with Crippen LogP contribution in [-0.2, 0) is 16.1 Å². The Kier molecular flexibility index (Phi) is 10.3. The Labute approximate surface area is 289 Å². The lowest BCUT2D eigenvalue weighted by Gasteiger charge is -2.38. The fourth-order valence-corrected chi connectivity index (χ4v) is 6.74. The van der Waals surface area contributed by atoms with E-state index in [0.717, 1.165) is 22.4 Å². The van der Waals surface area contributed by atoms with Crippen LogP contribution in [0.25, 0.3) is 11.1 Å². The molecule has 3 aromatic carbocycles. The predicted molar refractivity (Wildman–Crippen MR) is 186 cm³/mol. The van der Waals surface area contributed by atoms with Gasteiger partial charge in [0.1, 0.15) is 24.0 Å². The summed E-state index contributed by atoms with van der Waals surface area (Å²) in [6, 6.07) is 25.7. The Morgan fingerprint density at radius 3 is 2.38 bits per heavy atom. The summed E-state index contributed by atoms with van der Waals surface area (Å²) in [5, 5.41) is 0. The van der Waals surface area contributed by atoms with Crippen molar-refractivity contribution < 1.29 is 28.5 Å². The molecule has 0 fully saturated rings. The number of pyridine rings is 1. The number of aromatic nitrogens is 1. The molecule has 0 radical (unpaired) electrons. The fraction of sp³-hybridized carbons (Fsp3) is 0.342. The summed E-state index contributed by atoms with van der Waals surface area (Å²) in [6.45, 7) is 5.63. The molecule has 2 heterocycles. The molecular weight excluding hydrogens is 674 g/mol. The molecule has 0 saturated heterocycles. The second kappa shape index (κ2) is 14.8. The second-order valence-electron chi connectivity index (χ2n) is 12.5. The number of methoxy groups -OCH3 is 1. The number of hydrogen-bond donors (Lipinski definition) is 0. The number of ether oxygens (including phenoxy) is 4. The summed E-state index contributed by atoms with van der Waals surface area (Å²) in [6.07, 6.45) is 0.717. The molecule has 3 atom stereocenters. The van der Waals surface area contributed by atoms with Gasteiger partial charge in [0.15, 0.2) is 0 Å². The lowest BCUT2D eigenvalue weighted by atomic mass is 9.98. The van der Waals surface area contributed by atoms with E-state index in [9.17, 15) is 9.59 Å². The highest BCUT2D eigenvalue weighted by atomic mass is 79.9. The third-order valence-corrected chi connectivity index (χ3v) is 9.55. The average molecular weight is 715 g/mol. The lowest BCUT2D eigenvalue weighted by molar-refractivity contribution is 0.0183. The molecule has 48 heavy (non-hydrogen) atoms. The first-order valence-corrected chi connectivity index (χ1v) is 16.9. The number of fused-ring (bicyclic) bond motifs is 4. The van der Waals surface area contributed by atoms with Crippen molar-refractivity contribution in [3.05, 3.63) is 112 Å². The second-order valence-corrected chi connectivity index (χ2v) is 13.4. The molecule has 2 amide bonds. The standard InChI is InChI=1S/C38H40BrN3O6/c1-24-19-42(25(2)21-46-22-26-13-15-28(45-4)16-14-26)37(43)33-17-27(39)18-40-36(33)48-35(24)20-41(3)38(44)47-23-34-31-11-7-5-9-29(31)30-10-6-8-12-32(30)34/h5-18,24-25,34-35H,19-23H2,1-4H3. The number of rotatable bonds is 10. The van der Waals surface area contributed by atoms with E-state index in [-0.39, 0.29) is 42.8 Å². The number of amides is 2. The van der Waals surface area contributed by atoms with Crippen molar-refractivity contribution in [1.29, 1.82) is 0 Å². The van der Waals surface area contributed by atoms with Crippen molar-refractivity contribution in [2.45, 2.75) is 38.5 Å². The number of hydrogen-bond acceptors (Lipinski definition) is 7. The van der Waals surface area contributed by atoms with E-state index in [1.54, 1.807) is 31.3 Å². The SMILES string of the molecule is COc1ccc(COCC(C)N2CC(C)C(CN(C)C(=O)OCC3c4ccccc4-c4ccccc43)Oc3ncc(Br)cc3C2=O)cc1. The molecule has 0 N–H and O–H groups in total. The highest BCUT2D eigenvalue weighted by Gasteiger charge is 2.36. The predicted octanol–water partition coefficient (Wildman–Crippen LogP) is 7.18. The average Bonchev–Trinajstić information content (AvgIpc) is 3.42. The van der Waals surface area contributed by atoms with Crippen molar-refractivity contribution in [2.75, 3.05) is 40.5 Å². The van der Waals surface area contributed by atoms with Crippen LogP contribution < -0.4 is 9.47 Å². The number of likely N-dealkylation sites (N-methyl/N-ethyl adjacent to an activating group) is 1. The van der Waals surface area contributed by atoms with Gasteiger partial charge in [-0.05, 0) is 68.9 Å². The van der Waals surface area contributed by atoms with Gasteiger partial charge < -0.3 is 28.7 Å². The topological polar surface area (TPSA) is 90.4 Å². The number of benzene rings is 3. The Hall–Kier alpha value is -4.41. The van der Waals surface area contributed by atoms with Gasteiger partial charge in [0.2, 0.25) is 5.88 Å². The highest BCUT2D eigenvalue weighted by molar-refractivity contribution is 9.10. The molecule has 1 aromatic heterocycles. The Bertz CT molecular complexity index is 1720. The van der Waals surface area contributed by atoms with Gasteiger partial charge in [0.25, 0.3) is 5.91 Å². The summed E-state index contributed by atoms with van der Waals surface area (Å²) < 4.78 is 24.3. The smallest absolute Gasteiger partial charge is 0.409 e. The van der Waals surface area contributed by atoms with E-state index in [1.807, 2.05) is 67.3 Å². The monoisotopic (exact) mass is 713 g/mol. The van der Waals surface area contributed by atoms with Crippen LogP contribution in [0, 0.1) is 5.92 Å². The van der Waals surface area contributed by atoms with Gasteiger partial charge in [0, 0.05) is 36.1 Å². The Morgan fingerprint density at radius 1 is 1.04 bits per heavy atom. The lowest BCUT2D eigenvalue weighted by Crippen LogP contribution is -2.50. The van der Waals surface area contributed by atoms with Crippen molar-refractivity contribution >= 4 is 27.9 Å². The van der Waals surface area contributed by atoms with Crippen LogP contribution in [0.5, 0.6) is 11.6 Å². The maximum atomic E-state index is 13.9. The van der Waals surface area contributed by atoms with E-state index in [1.165, 1.54) is 11.1 Å². The highest BCUT2D eigenvalue weighted by Crippen LogP contribution is 2.44. The van der Waals surface area contributed by atoms with E-state index in [2.05, 4.69) is 45.2 Å². The minimum atomic E-state index is -0.453. The Morgan fingerprint density at radius 2 is 1.71 bits per heavy atom. The molecule has 9 nitrogen and oxygen atoms in total. The van der Waals surface area contributed by atoms with E-state index < -0.39 is 12.2 Å².